The Morgan fingerprint density at radius 2 is 2.15 bits per heavy atom. The third kappa shape index (κ3) is 3.30. The van der Waals surface area contributed by atoms with Crippen LogP contribution in [0.1, 0.15) is 30.9 Å². The van der Waals surface area contributed by atoms with Gasteiger partial charge in [0.05, 0.1) is 18.1 Å². The molecule has 0 fully saturated rings. The fourth-order valence-corrected chi connectivity index (χ4v) is 3.16. The summed E-state index contributed by atoms with van der Waals surface area (Å²) in [7, 11) is -2.93. The van der Waals surface area contributed by atoms with Gasteiger partial charge in [0, 0.05) is 16.9 Å². The van der Waals surface area contributed by atoms with Crippen LogP contribution < -0.4 is 4.74 Å². The van der Waals surface area contributed by atoms with Crippen LogP contribution >= 0.6 is 0 Å². The van der Waals surface area contributed by atoms with E-state index in [0.717, 1.165) is 23.3 Å². The first-order valence-electron chi connectivity index (χ1n) is 6.74. The molecule has 0 heterocycles. The number of ether oxygens (including phenoxy) is 1. The molecule has 0 atom stereocenters. The zero-order valence-electron chi connectivity index (χ0n) is 11.5. The van der Waals surface area contributed by atoms with Gasteiger partial charge in [-0.2, -0.15) is 0 Å². The molecule has 0 aliphatic heterocycles. The van der Waals surface area contributed by atoms with Crippen molar-refractivity contribution in [2.75, 3.05) is 18.1 Å². The Hall–Kier alpha value is -1.56. The maximum atomic E-state index is 11.4. The minimum atomic E-state index is -2.93. The topological polar surface area (TPSA) is 76.0 Å². The Labute approximate surface area is 119 Å². The van der Waals surface area contributed by atoms with Crippen LogP contribution in [0, 0.1) is 0 Å². The largest absolute Gasteiger partial charge is 0.493 e. The summed E-state index contributed by atoms with van der Waals surface area (Å²) in [4.78, 5) is 0. The molecule has 0 aromatic heterocycles. The van der Waals surface area contributed by atoms with Crippen LogP contribution in [0.2, 0.25) is 0 Å². The molecule has 110 valence electrons. The Morgan fingerprint density at radius 3 is 2.85 bits per heavy atom. The predicted octanol–water partition coefficient (Wildman–Crippen LogP) is 2.01. The number of oxime groups is 1. The molecule has 6 heteroatoms. The summed E-state index contributed by atoms with van der Waals surface area (Å²) in [6.07, 6.45) is 1.98. The van der Waals surface area contributed by atoms with E-state index in [2.05, 4.69) is 5.16 Å². The zero-order chi connectivity index (χ0) is 14.6. The number of sulfone groups is 1. The molecule has 0 saturated carbocycles. The summed E-state index contributed by atoms with van der Waals surface area (Å²) < 4.78 is 28.4. The number of hydrogen-bond acceptors (Lipinski definition) is 5. The summed E-state index contributed by atoms with van der Waals surface area (Å²) in [6.45, 7) is 2.03. The van der Waals surface area contributed by atoms with Gasteiger partial charge >= 0.3 is 0 Å². The molecular formula is C14H19NO4S. The molecule has 0 unspecified atom stereocenters. The average molecular weight is 297 g/mol. The number of hydrogen-bond donors (Lipinski definition) is 1. The van der Waals surface area contributed by atoms with E-state index in [1.54, 1.807) is 6.92 Å². The van der Waals surface area contributed by atoms with Crippen LogP contribution in [0.3, 0.4) is 0 Å². The molecule has 1 aliphatic carbocycles. The summed E-state index contributed by atoms with van der Waals surface area (Å²) in [5, 5.41) is 12.2. The summed E-state index contributed by atoms with van der Waals surface area (Å²) in [6, 6.07) is 5.63. The highest BCUT2D eigenvalue weighted by molar-refractivity contribution is 7.91. The highest BCUT2D eigenvalue weighted by Crippen LogP contribution is 2.30. The minimum Gasteiger partial charge on any atom is -0.493 e. The SMILES string of the molecule is CCS(=O)(=O)CCCOc1cccc2c1CCC2=NO. The van der Waals surface area contributed by atoms with Gasteiger partial charge in [0.2, 0.25) is 0 Å². The van der Waals surface area contributed by atoms with Gasteiger partial charge < -0.3 is 9.94 Å². The maximum Gasteiger partial charge on any atom is 0.150 e. The number of rotatable bonds is 6. The molecule has 0 spiro atoms. The Kier molecular flexibility index (Phi) is 4.65. The van der Waals surface area contributed by atoms with Crippen LogP contribution in [0.4, 0.5) is 0 Å². The van der Waals surface area contributed by atoms with Gasteiger partial charge in [0.15, 0.2) is 0 Å². The van der Waals surface area contributed by atoms with Crippen molar-refractivity contribution in [3.8, 4) is 5.75 Å². The van der Waals surface area contributed by atoms with Crippen molar-refractivity contribution < 1.29 is 18.4 Å². The van der Waals surface area contributed by atoms with Gasteiger partial charge in [-0.3, -0.25) is 0 Å². The van der Waals surface area contributed by atoms with Gasteiger partial charge in [0.1, 0.15) is 15.6 Å². The third-order valence-electron chi connectivity index (χ3n) is 3.47. The predicted molar refractivity (Wildman–Crippen MR) is 77.5 cm³/mol. The highest BCUT2D eigenvalue weighted by Gasteiger charge is 2.21. The quantitative estimate of drug-likeness (QED) is 0.495. The van der Waals surface area contributed by atoms with Crippen LogP contribution in [0.5, 0.6) is 5.75 Å². The van der Waals surface area contributed by atoms with Crippen LogP contribution in [-0.2, 0) is 16.3 Å². The van der Waals surface area contributed by atoms with Gasteiger partial charge in [0.25, 0.3) is 0 Å². The van der Waals surface area contributed by atoms with E-state index in [1.807, 2.05) is 18.2 Å². The lowest BCUT2D eigenvalue weighted by molar-refractivity contribution is 0.315. The molecule has 1 aromatic carbocycles. The molecule has 20 heavy (non-hydrogen) atoms. The Morgan fingerprint density at radius 1 is 1.35 bits per heavy atom. The maximum absolute atomic E-state index is 11.4. The van der Waals surface area contributed by atoms with Crippen LogP contribution in [0.15, 0.2) is 23.4 Å². The van der Waals surface area contributed by atoms with Crippen molar-refractivity contribution in [3.63, 3.8) is 0 Å². The molecule has 0 saturated heterocycles. The van der Waals surface area contributed by atoms with Crippen LogP contribution in [0.25, 0.3) is 0 Å². The normalized spacial score (nSPS) is 16.4. The van der Waals surface area contributed by atoms with E-state index in [9.17, 15) is 8.42 Å². The first-order valence-corrected chi connectivity index (χ1v) is 8.56. The molecule has 1 aromatic rings. The van der Waals surface area contributed by atoms with Gasteiger partial charge in [-0.1, -0.05) is 24.2 Å². The second-order valence-corrected chi connectivity index (χ2v) is 7.24. The van der Waals surface area contributed by atoms with E-state index in [-0.39, 0.29) is 11.5 Å². The van der Waals surface area contributed by atoms with E-state index in [4.69, 9.17) is 9.94 Å². The smallest absolute Gasteiger partial charge is 0.150 e. The van der Waals surface area contributed by atoms with E-state index in [1.165, 1.54) is 0 Å². The van der Waals surface area contributed by atoms with Crippen molar-refractivity contribution >= 4 is 15.5 Å². The first kappa shape index (κ1) is 14.8. The highest BCUT2D eigenvalue weighted by atomic mass is 32.2. The van der Waals surface area contributed by atoms with E-state index in [0.29, 0.717) is 25.2 Å². The second-order valence-electron chi connectivity index (χ2n) is 4.77. The minimum absolute atomic E-state index is 0.155. The molecule has 0 bridgehead atoms. The molecule has 1 N–H and O–H groups in total. The van der Waals surface area contributed by atoms with Crippen LogP contribution in [-0.4, -0.2) is 37.4 Å². The Balaban J connectivity index is 1.97. The second kappa shape index (κ2) is 6.26. The average Bonchev–Trinajstić information content (AvgIpc) is 2.87. The summed E-state index contributed by atoms with van der Waals surface area (Å²) >= 11 is 0. The molecule has 2 rings (SSSR count). The lowest BCUT2D eigenvalue weighted by Gasteiger charge is -2.10. The van der Waals surface area contributed by atoms with Crippen molar-refractivity contribution in [2.24, 2.45) is 5.16 Å². The first-order chi connectivity index (χ1) is 9.57. The monoisotopic (exact) mass is 297 g/mol. The molecule has 5 nitrogen and oxygen atoms in total. The molecule has 1 aliphatic rings. The van der Waals surface area contributed by atoms with Gasteiger partial charge in [-0.15, -0.1) is 0 Å². The van der Waals surface area contributed by atoms with Crippen molar-refractivity contribution in [2.45, 2.75) is 26.2 Å². The number of benzene rings is 1. The molecular weight excluding hydrogens is 278 g/mol. The number of nitrogens with zero attached hydrogens (tertiary/aromatic N) is 1. The van der Waals surface area contributed by atoms with Crippen molar-refractivity contribution in [1.29, 1.82) is 0 Å². The van der Waals surface area contributed by atoms with Gasteiger partial charge in [-0.05, 0) is 25.3 Å². The molecule has 0 amide bonds. The summed E-state index contributed by atoms with van der Waals surface area (Å²) in [5.74, 6) is 1.08. The van der Waals surface area contributed by atoms with E-state index < -0.39 is 9.84 Å². The van der Waals surface area contributed by atoms with Crippen molar-refractivity contribution in [1.82, 2.24) is 0 Å². The van der Waals surface area contributed by atoms with Gasteiger partial charge in [-0.25, -0.2) is 8.42 Å². The van der Waals surface area contributed by atoms with E-state index >= 15 is 0 Å². The number of fused-ring (bicyclic) bond motifs is 1. The summed E-state index contributed by atoms with van der Waals surface area (Å²) in [5.41, 5.74) is 2.64. The standard InChI is InChI=1S/C14H19NO4S/c1-2-20(17,18)10-4-9-19-14-6-3-5-11-12(14)7-8-13(11)15-16/h3,5-6,16H,2,4,7-10H2,1H3. The third-order valence-corrected chi connectivity index (χ3v) is 5.26. The molecule has 0 radical (unpaired) electrons. The lowest BCUT2D eigenvalue weighted by atomic mass is 10.1. The van der Waals surface area contributed by atoms with Crippen molar-refractivity contribution in [3.05, 3.63) is 29.3 Å². The lowest BCUT2D eigenvalue weighted by Crippen LogP contribution is -2.12. The fourth-order valence-electron chi connectivity index (χ4n) is 2.32. The zero-order valence-corrected chi connectivity index (χ0v) is 12.3. The Bertz CT molecular complexity index is 608. The fraction of sp³-hybridized carbons (Fsp3) is 0.500.